The molecule has 156 valence electrons. The Bertz CT molecular complexity index is 1140. The second-order valence-corrected chi connectivity index (χ2v) is 8.79. The van der Waals surface area contributed by atoms with Gasteiger partial charge in [0.05, 0.1) is 23.5 Å². The van der Waals surface area contributed by atoms with E-state index in [4.69, 9.17) is 5.26 Å². The third-order valence-electron chi connectivity index (χ3n) is 6.63. The molecule has 0 radical (unpaired) electrons. The largest absolute Gasteiger partial charge is 0.342 e. The van der Waals surface area contributed by atoms with Crippen molar-refractivity contribution < 1.29 is 4.79 Å². The molecular weight excluding hydrogens is 384 g/mol. The lowest BCUT2D eigenvalue weighted by Crippen LogP contribution is -2.37. The molecule has 2 aliphatic rings. The molecular formula is C26H26N4O. The molecule has 0 bridgehead atoms. The van der Waals surface area contributed by atoms with Gasteiger partial charge in [-0.1, -0.05) is 18.2 Å². The van der Waals surface area contributed by atoms with Crippen LogP contribution < -0.4 is 0 Å². The molecule has 0 spiro atoms. The highest BCUT2D eigenvalue weighted by Crippen LogP contribution is 2.39. The molecule has 5 heteroatoms. The van der Waals surface area contributed by atoms with Crippen LogP contribution >= 0.6 is 0 Å². The van der Waals surface area contributed by atoms with Crippen LogP contribution in [0.3, 0.4) is 0 Å². The third-order valence-corrected chi connectivity index (χ3v) is 6.63. The van der Waals surface area contributed by atoms with Gasteiger partial charge in [0, 0.05) is 30.1 Å². The third kappa shape index (κ3) is 3.98. The molecule has 5 nitrogen and oxygen atoms in total. The molecule has 1 amide bonds. The highest BCUT2D eigenvalue weighted by Gasteiger charge is 2.27. The molecule has 0 atom stereocenters. The maximum absolute atomic E-state index is 13.2. The van der Waals surface area contributed by atoms with Gasteiger partial charge in [0.15, 0.2) is 0 Å². The molecule has 2 aromatic carbocycles. The Morgan fingerprint density at radius 2 is 1.81 bits per heavy atom. The van der Waals surface area contributed by atoms with Crippen molar-refractivity contribution >= 4 is 5.91 Å². The standard InChI is InChI=1S/C26H26N4O/c1-17-2-5-22(14-23(17)24-16-28-25(29-24)21-8-9-21)26(31)30-12-10-20(11-13-30)19-6-3-18(15-27)4-7-19/h2-7,14,16,20-21H,8-13H2,1H3,(H,28,29). The Balaban J connectivity index is 1.28. The van der Waals surface area contributed by atoms with Crippen LogP contribution in [0.4, 0.5) is 0 Å². The first-order valence-electron chi connectivity index (χ1n) is 11.1. The fourth-order valence-electron chi connectivity index (χ4n) is 4.51. The van der Waals surface area contributed by atoms with Crippen LogP contribution in [-0.4, -0.2) is 33.9 Å². The van der Waals surface area contributed by atoms with Crippen molar-refractivity contribution in [2.24, 2.45) is 0 Å². The Kier molecular flexibility index (Phi) is 5.07. The van der Waals surface area contributed by atoms with E-state index in [0.717, 1.165) is 54.1 Å². The highest BCUT2D eigenvalue weighted by molar-refractivity contribution is 5.95. The predicted molar refractivity (Wildman–Crippen MR) is 120 cm³/mol. The average Bonchev–Trinajstić information content (AvgIpc) is 3.56. The topological polar surface area (TPSA) is 72.8 Å². The Morgan fingerprint density at radius 1 is 1.06 bits per heavy atom. The van der Waals surface area contributed by atoms with Crippen molar-refractivity contribution in [1.82, 2.24) is 14.9 Å². The molecule has 31 heavy (non-hydrogen) atoms. The van der Waals surface area contributed by atoms with Crippen LogP contribution in [-0.2, 0) is 0 Å². The Hall–Kier alpha value is -3.39. The van der Waals surface area contributed by atoms with Gasteiger partial charge in [0.2, 0.25) is 0 Å². The van der Waals surface area contributed by atoms with Crippen molar-refractivity contribution in [3.63, 3.8) is 0 Å². The summed E-state index contributed by atoms with van der Waals surface area (Å²) >= 11 is 0. The summed E-state index contributed by atoms with van der Waals surface area (Å²) in [5.41, 5.74) is 5.87. The molecule has 2 heterocycles. The molecule has 1 aliphatic carbocycles. The van der Waals surface area contributed by atoms with Gasteiger partial charge in [-0.05, 0) is 73.9 Å². The van der Waals surface area contributed by atoms with Crippen LogP contribution in [0.5, 0.6) is 0 Å². The monoisotopic (exact) mass is 410 g/mol. The summed E-state index contributed by atoms with van der Waals surface area (Å²) in [6.45, 7) is 3.58. The number of H-pyrrole nitrogens is 1. The first-order chi connectivity index (χ1) is 15.1. The number of carbonyl (C=O) groups excluding carboxylic acids is 1. The van der Waals surface area contributed by atoms with E-state index in [9.17, 15) is 4.79 Å². The summed E-state index contributed by atoms with van der Waals surface area (Å²) in [6, 6.07) is 16.0. The smallest absolute Gasteiger partial charge is 0.253 e. The van der Waals surface area contributed by atoms with Crippen molar-refractivity contribution in [1.29, 1.82) is 5.26 Å². The van der Waals surface area contributed by atoms with E-state index in [2.05, 4.69) is 23.0 Å². The van der Waals surface area contributed by atoms with E-state index >= 15 is 0 Å². The molecule has 5 rings (SSSR count). The fourth-order valence-corrected chi connectivity index (χ4v) is 4.51. The number of amides is 1. The van der Waals surface area contributed by atoms with Gasteiger partial charge >= 0.3 is 0 Å². The zero-order chi connectivity index (χ0) is 21.4. The molecule has 1 saturated carbocycles. The lowest BCUT2D eigenvalue weighted by atomic mass is 9.88. The van der Waals surface area contributed by atoms with Gasteiger partial charge in [0.25, 0.3) is 5.91 Å². The fraction of sp³-hybridized carbons (Fsp3) is 0.346. The van der Waals surface area contributed by atoms with Gasteiger partial charge in [-0.3, -0.25) is 4.79 Å². The Labute approximate surface area is 182 Å². The number of rotatable bonds is 4. The van der Waals surface area contributed by atoms with Crippen LogP contribution in [0.1, 0.15) is 70.4 Å². The molecule has 0 unspecified atom stereocenters. The van der Waals surface area contributed by atoms with Crippen molar-refractivity contribution in [3.8, 4) is 17.3 Å². The number of hydrogen-bond acceptors (Lipinski definition) is 3. The summed E-state index contributed by atoms with van der Waals surface area (Å²) in [4.78, 5) is 23.2. The van der Waals surface area contributed by atoms with Crippen molar-refractivity contribution in [3.05, 3.63) is 76.7 Å². The number of nitrogens with one attached hydrogen (secondary N) is 1. The summed E-state index contributed by atoms with van der Waals surface area (Å²) in [5, 5.41) is 8.98. The SMILES string of the molecule is Cc1ccc(C(=O)N2CCC(c3ccc(C#N)cc3)CC2)cc1-c1cnc(C2CC2)[nH]1. The van der Waals surface area contributed by atoms with E-state index in [1.165, 1.54) is 18.4 Å². The normalized spacial score (nSPS) is 16.8. The van der Waals surface area contributed by atoms with Gasteiger partial charge < -0.3 is 9.88 Å². The molecule has 1 aliphatic heterocycles. The first-order valence-corrected chi connectivity index (χ1v) is 11.1. The summed E-state index contributed by atoms with van der Waals surface area (Å²) in [7, 11) is 0. The molecule has 1 N–H and O–H groups in total. The van der Waals surface area contributed by atoms with Crippen LogP contribution in [0.2, 0.25) is 0 Å². The van der Waals surface area contributed by atoms with E-state index in [-0.39, 0.29) is 5.91 Å². The average molecular weight is 411 g/mol. The number of aromatic amines is 1. The minimum absolute atomic E-state index is 0.0986. The maximum atomic E-state index is 13.2. The van der Waals surface area contributed by atoms with Crippen LogP contribution in [0, 0.1) is 18.3 Å². The number of carbonyl (C=O) groups is 1. The van der Waals surface area contributed by atoms with Crippen LogP contribution in [0.15, 0.2) is 48.7 Å². The second-order valence-electron chi connectivity index (χ2n) is 8.79. The first kappa shape index (κ1) is 19.6. The lowest BCUT2D eigenvalue weighted by Gasteiger charge is -2.32. The number of imidazole rings is 1. The zero-order valence-corrected chi connectivity index (χ0v) is 17.8. The second kappa shape index (κ2) is 8.03. The van der Waals surface area contributed by atoms with Crippen molar-refractivity contribution in [2.45, 2.75) is 44.4 Å². The van der Waals surface area contributed by atoms with Gasteiger partial charge in [-0.15, -0.1) is 0 Å². The predicted octanol–water partition coefficient (Wildman–Crippen LogP) is 5.15. The summed E-state index contributed by atoms with van der Waals surface area (Å²) in [6.07, 6.45) is 6.21. The number of aryl methyl sites for hydroxylation is 1. The van der Waals surface area contributed by atoms with E-state index in [1.54, 1.807) is 0 Å². The zero-order valence-electron chi connectivity index (χ0n) is 17.8. The molecule has 3 aromatic rings. The van der Waals surface area contributed by atoms with E-state index in [1.807, 2.05) is 53.6 Å². The number of likely N-dealkylation sites (tertiary alicyclic amines) is 1. The lowest BCUT2D eigenvalue weighted by molar-refractivity contribution is 0.0713. The van der Waals surface area contributed by atoms with Gasteiger partial charge in [0.1, 0.15) is 5.82 Å². The number of nitrogens with zero attached hydrogens (tertiary/aromatic N) is 3. The number of nitriles is 1. The maximum Gasteiger partial charge on any atom is 0.253 e. The van der Waals surface area contributed by atoms with E-state index in [0.29, 0.717) is 17.4 Å². The quantitative estimate of drug-likeness (QED) is 0.646. The van der Waals surface area contributed by atoms with Crippen molar-refractivity contribution in [2.75, 3.05) is 13.1 Å². The minimum Gasteiger partial charge on any atom is -0.342 e. The Morgan fingerprint density at radius 3 is 2.48 bits per heavy atom. The minimum atomic E-state index is 0.0986. The number of piperidine rings is 1. The van der Waals surface area contributed by atoms with E-state index < -0.39 is 0 Å². The molecule has 1 aromatic heterocycles. The molecule has 1 saturated heterocycles. The van der Waals surface area contributed by atoms with Gasteiger partial charge in [-0.25, -0.2) is 4.98 Å². The van der Waals surface area contributed by atoms with Crippen LogP contribution in [0.25, 0.3) is 11.3 Å². The summed E-state index contributed by atoms with van der Waals surface area (Å²) < 4.78 is 0. The number of benzene rings is 2. The highest BCUT2D eigenvalue weighted by atomic mass is 16.2. The number of hydrogen-bond donors (Lipinski definition) is 1. The molecule has 2 fully saturated rings. The number of aromatic nitrogens is 2. The van der Waals surface area contributed by atoms with Gasteiger partial charge in [-0.2, -0.15) is 5.26 Å². The summed E-state index contributed by atoms with van der Waals surface area (Å²) in [5.74, 6) is 2.19.